The summed E-state index contributed by atoms with van der Waals surface area (Å²) in [5, 5.41) is 0. The highest BCUT2D eigenvalue weighted by atomic mass is 32.2. The van der Waals surface area contributed by atoms with Gasteiger partial charge in [-0.3, -0.25) is 4.79 Å². The monoisotopic (exact) mass is 284 g/mol. The van der Waals surface area contributed by atoms with Crippen molar-refractivity contribution in [3.05, 3.63) is 41.5 Å². The van der Waals surface area contributed by atoms with Crippen LogP contribution in [0.3, 0.4) is 0 Å². The molecule has 0 unspecified atom stereocenters. The number of fused-ring (bicyclic) bond motifs is 3. The predicted octanol–water partition coefficient (Wildman–Crippen LogP) is 3.31. The van der Waals surface area contributed by atoms with Crippen LogP contribution in [-0.4, -0.2) is 15.8 Å². The SMILES string of the molecule is O=Cc1ncn2c1CSc1cc(C(F)(F)F)ccc1-2. The highest BCUT2D eigenvalue weighted by Gasteiger charge is 2.32. The second-order valence-electron chi connectivity index (χ2n) is 4.03. The van der Waals surface area contributed by atoms with E-state index >= 15 is 0 Å². The molecular weight excluding hydrogens is 277 g/mol. The zero-order valence-electron chi connectivity index (χ0n) is 9.44. The van der Waals surface area contributed by atoms with Gasteiger partial charge in [0.05, 0.1) is 16.9 Å². The number of aromatic nitrogens is 2. The summed E-state index contributed by atoms with van der Waals surface area (Å²) in [5.74, 6) is 0.433. The molecule has 0 atom stereocenters. The molecule has 0 bridgehead atoms. The number of halogens is 3. The standard InChI is InChI=1S/C12H7F3N2OS/c13-12(14,15)7-1-2-9-11(3-7)19-5-10-8(4-18)16-6-17(9)10/h1-4,6H,5H2. The summed E-state index contributed by atoms with van der Waals surface area (Å²) >= 11 is 1.28. The van der Waals surface area contributed by atoms with Gasteiger partial charge in [-0.15, -0.1) is 11.8 Å². The Morgan fingerprint density at radius 3 is 2.84 bits per heavy atom. The van der Waals surface area contributed by atoms with Gasteiger partial charge in [-0.25, -0.2) is 4.98 Å². The molecule has 2 aromatic rings. The molecule has 98 valence electrons. The van der Waals surface area contributed by atoms with Crippen molar-refractivity contribution < 1.29 is 18.0 Å². The minimum atomic E-state index is -4.35. The molecule has 0 saturated carbocycles. The van der Waals surface area contributed by atoms with Crippen molar-refractivity contribution in [2.45, 2.75) is 16.8 Å². The van der Waals surface area contributed by atoms with Crippen LogP contribution >= 0.6 is 11.8 Å². The lowest BCUT2D eigenvalue weighted by Crippen LogP contribution is -2.10. The Morgan fingerprint density at radius 2 is 2.16 bits per heavy atom. The number of carbonyl (C=O) groups excluding carboxylic acids is 1. The van der Waals surface area contributed by atoms with E-state index in [0.29, 0.717) is 34.0 Å². The van der Waals surface area contributed by atoms with Crippen molar-refractivity contribution >= 4 is 18.0 Å². The molecule has 1 aromatic heterocycles. The summed E-state index contributed by atoms with van der Waals surface area (Å²) in [6, 6.07) is 3.57. The fourth-order valence-corrected chi connectivity index (χ4v) is 3.09. The predicted molar refractivity (Wildman–Crippen MR) is 63.5 cm³/mol. The van der Waals surface area contributed by atoms with Gasteiger partial charge in [0.15, 0.2) is 6.29 Å². The number of alkyl halides is 3. The van der Waals surface area contributed by atoms with Crippen molar-refractivity contribution in [3.63, 3.8) is 0 Å². The third-order valence-electron chi connectivity index (χ3n) is 2.92. The molecule has 1 aliphatic rings. The van der Waals surface area contributed by atoms with E-state index in [4.69, 9.17) is 0 Å². The highest BCUT2D eigenvalue weighted by Crippen LogP contribution is 2.39. The minimum absolute atomic E-state index is 0.332. The molecule has 0 aliphatic carbocycles. The van der Waals surface area contributed by atoms with Gasteiger partial charge in [0, 0.05) is 10.6 Å². The van der Waals surface area contributed by atoms with Crippen LogP contribution in [0.25, 0.3) is 5.69 Å². The van der Waals surface area contributed by atoms with Crippen molar-refractivity contribution in [1.82, 2.24) is 9.55 Å². The lowest BCUT2D eigenvalue weighted by Gasteiger charge is -2.20. The first-order valence-corrected chi connectivity index (χ1v) is 6.35. The molecule has 1 aromatic carbocycles. The van der Waals surface area contributed by atoms with Gasteiger partial charge in [-0.05, 0) is 18.2 Å². The van der Waals surface area contributed by atoms with Crippen LogP contribution in [0.2, 0.25) is 0 Å². The Labute approximate surface area is 110 Å². The zero-order valence-corrected chi connectivity index (χ0v) is 10.3. The van der Waals surface area contributed by atoms with E-state index in [9.17, 15) is 18.0 Å². The zero-order chi connectivity index (χ0) is 13.6. The largest absolute Gasteiger partial charge is 0.416 e. The number of rotatable bonds is 1. The van der Waals surface area contributed by atoms with Gasteiger partial charge in [0.1, 0.15) is 12.0 Å². The molecule has 7 heteroatoms. The number of hydrogen-bond donors (Lipinski definition) is 0. The van der Waals surface area contributed by atoms with Crippen LogP contribution in [-0.2, 0) is 11.9 Å². The van der Waals surface area contributed by atoms with E-state index in [0.717, 1.165) is 12.1 Å². The van der Waals surface area contributed by atoms with Gasteiger partial charge in [0.25, 0.3) is 0 Å². The maximum Gasteiger partial charge on any atom is 0.416 e. The number of thioether (sulfide) groups is 1. The highest BCUT2D eigenvalue weighted by molar-refractivity contribution is 7.98. The second-order valence-corrected chi connectivity index (χ2v) is 5.05. The number of nitrogens with zero attached hydrogens (tertiary/aromatic N) is 2. The van der Waals surface area contributed by atoms with Crippen LogP contribution in [0.15, 0.2) is 29.4 Å². The Hall–Kier alpha value is -1.76. The molecule has 0 fully saturated rings. The van der Waals surface area contributed by atoms with Crippen molar-refractivity contribution in [1.29, 1.82) is 0 Å². The molecule has 0 N–H and O–H groups in total. The number of imidazole rings is 1. The summed E-state index contributed by atoms with van der Waals surface area (Å²) in [6.07, 6.45) is -2.23. The summed E-state index contributed by atoms with van der Waals surface area (Å²) in [6.45, 7) is 0. The van der Waals surface area contributed by atoms with E-state index in [1.165, 1.54) is 24.2 Å². The van der Waals surface area contributed by atoms with Crippen LogP contribution in [0, 0.1) is 0 Å². The number of benzene rings is 1. The summed E-state index contributed by atoms with van der Waals surface area (Å²) in [7, 11) is 0. The van der Waals surface area contributed by atoms with Crippen LogP contribution in [0.5, 0.6) is 0 Å². The van der Waals surface area contributed by atoms with E-state index in [1.807, 2.05) is 0 Å². The van der Waals surface area contributed by atoms with E-state index < -0.39 is 11.7 Å². The molecule has 3 rings (SSSR count). The number of hydrogen-bond acceptors (Lipinski definition) is 3. The van der Waals surface area contributed by atoms with Crippen molar-refractivity contribution in [2.75, 3.05) is 0 Å². The van der Waals surface area contributed by atoms with E-state index in [-0.39, 0.29) is 0 Å². The van der Waals surface area contributed by atoms with Gasteiger partial charge in [0.2, 0.25) is 0 Å². The number of carbonyl (C=O) groups is 1. The molecule has 0 spiro atoms. The summed E-state index contributed by atoms with van der Waals surface area (Å²) < 4.78 is 39.6. The third-order valence-corrected chi connectivity index (χ3v) is 3.98. The van der Waals surface area contributed by atoms with E-state index in [2.05, 4.69) is 4.98 Å². The molecule has 0 radical (unpaired) electrons. The first-order chi connectivity index (χ1) is 9.00. The van der Waals surface area contributed by atoms with Gasteiger partial charge in [-0.1, -0.05) is 0 Å². The van der Waals surface area contributed by atoms with Gasteiger partial charge < -0.3 is 4.57 Å². The maximum absolute atomic E-state index is 12.6. The summed E-state index contributed by atoms with van der Waals surface area (Å²) in [5.41, 5.74) is 1.00. The average Bonchev–Trinajstić information content (AvgIpc) is 2.80. The quantitative estimate of drug-likeness (QED) is 0.754. The normalized spacial score (nSPS) is 13.8. The summed E-state index contributed by atoms with van der Waals surface area (Å²) in [4.78, 5) is 15.3. The maximum atomic E-state index is 12.6. The number of aldehydes is 1. The second kappa shape index (κ2) is 4.12. The molecule has 0 amide bonds. The third kappa shape index (κ3) is 1.94. The van der Waals surface area contributed by atoms with Crippen LogP contribution < -0.4 is 0 Å². The van der Waals surface area contributed by atoms with Gasteiger partial charge >= 0.3 is 6.18 Å². The molecule has 19 heavy (non-hydrogen) atoms. The van der Waals surface area contributed by atoms with Crippen molar-refractivity contribution in [2.24, 2.45) is 0 Å². The van der Waals surface area contributed by atoms with Gasteiger partial charge in [-0.2, -0.15) is 13.2 Å². The lowest BCUT2D eigenvalue weighted by atomic mass is 10.2. The first-order valence-electron chi connectivity index (χ1n) is 5.36. The topological polar surface area (TPSA) is 34.9 Å². The molecule has 2 heterocycles. The Kier molecular flexibility index (Phi) is 2.67. The average molecular weight is 284 g/mol. The Bertz CT molecular complexity index is 663. The molecule has 3 nitrogen and oxygen atoms in total. The first kappa shape index (κ1) is 12.3. The fraction of sp³-hybridized carbons (Fsp3) is 0.167. The Balaban J connectivity index is 2.13. The van der Waals surface area contributed by atoms with Crippen LogP contribution in [0.4, 0.5) is 13.2 Å². The molecular formula is C12H7F3N2OS. The van der Waals surface area contributed by atoms with E-state index in [1.54, 1.807) is 4.57 Å². The fourth-order valence-electron chi connectivity index (χ4n) is 1.99. The minimum Gasteiger partial charge on any atom is -0.301 e. The smallest absolute Gasteiger partial charge is 0.301 e. The molecule has 1 aliphatic heterocycles. The molecule has 0 saturated heterocycles. The Morgan fingerprint density at radius 1 is 1.37 bits per heavy atom. The van der Waals surface area contributed by atoms with Crippen molar-refractivity contribution in [3.8, 4) is 5.69 Å². The lowest BCUT2D eigenvalue weighted by molar-refractivity contribution is -0.137. The van der Waals surface area contributed by atoms with Crippen LogP contribution in [0.1, 0.15) is 21.7 Å².